The van der Waals surface area contributed by atoms with Crippen molar-refractivity contribution in [1.82, 2.24) is 10.3 Å². The van der Waals surface area contributed by atoms with Crippen molar-refractivity contribution in [3.63, 3.8) is 0 Å². The molecule has 29 heavy (non-hydrogen) atoms. The molecule has 0 saturated heterocycles. The van der Waals surface area contributed by atoms with Gasteiger partial charge in [0.2, 0.25) is 0 Å². The number of nitrogens with zero attached hydrogens (tertiary/aromatic N) is 1. The van der Waals surface area contributed by atoms with Gasteiger partial charge >= 0.3 is 5.97 Å². The molecule has 3 rings (SSSR count). The Balaban J connectivity index is 1.88. The van der Waals surface area contributed by atoms with Gasteiger partial charge in [0, 0.05) is 18.0 Å². The summed E-state index contributed by atoms with van der Waals surface area (Å²) in [4.78, 5) is 28.4. The van der Waals surface area contributed by atoms with Gasteiger partial charge in [-0.3, -0.25) is 14.6 Å². The first kappa shape index (κ1) is 20.3. The molecule has 0 fully saturated rings. The van der Waals surface area contributed by atoms with E-state index in [0.717, 1.165) is 22.3 Å². The molecule has 2 aromatic carbocycles. The van der Waals surface area contributed by atoms with E-state index in [-0.39, 0.29) is 12.3 Å². The summed E-state index contributed by atoms with van der Waals surface area (Å²) in [6, 6.07) is 14.7. The van der Waals surface area contributed by atoms with Gasteiger partial charge in [0.05, 0.1) is 18.0 Å². The van der Waals surface area contributed by atoms with E-state index in [1.165, 1.54) is 17.3 Å². The number of amides is 1. The maximum absolute atomic E-state index is 12.9. The van der Waals surface area contributed by atoms with Crippen LogP contribution in [0.5, 0.6) is 0 Å². The number of pyridine rings is 1. The van der Waals surface area contributed by atoms with Crippen LogP contribution in [0.25, 0.3) is 11.1 Å². The highest BCUT2D eigenvalue weighted by Gasteiger charge is 2.20. The van der Waals surface area contributed by atoms with Crippen molar-refractivity contribution in [2.75, 3.05) is 0 Å². The number of aryl methyl sites for hydroxylation is 3. The predicted molar refractivity (Wildman–Crippen MR) is 113 cm³/mol. The lowest BCUT2D eigenvalue weighted by Crippen LogP contribution is -2.30. The Kier molecular flexibility index (Phi) is 6.07. The summed E-state index contributed by atoms with van der Waals surface area (Å²) >= 11 is 0. The number of carboxylic acids is 1. The molecule has 3 aromatic rings. The van der Waals surface area contributed by atoms with Gasteiger partial charge in [-0.05, 0) is 54.7 Å². The number of hydrogen-bond donors (Lipinski definition) is 2. The zero-order chi connectivity index (χ0) is 21.0. The van der Waals surface area contributed by atoms with E-state index >= 15 is 0 Å². The molecule has 0 bridgehead atoms. The fourth-order valence-corrected chi connectivity index (χ4v) is 3.28. The number of carbonyl (C=O) groups excluding carboxylic acids is 1. The van der Waals surface area contributed by atoms with Crippen LogP contribution >= 0.6 is 0 Å². The van der Waals surface area contributed by atoms with E-state index < -0.39 is 12.0 Å². The van der Waals surface area contributed by atoms with Gasteiger partial charge in [0.15, 0.2) is 0 Å². The maximum atomic E-state index is 12.9. The second-order valence-corrected chi connectivity index (χ2v) is 7.24. The number of aromatic nitrogens is 1. The second-order valence-electron chi connectivity index (χ2n) is 7.24. The molecular formula is C24H24N2O3. The van der Waals surface area contributed by atoms with Gasteiger partial charge in [-0.2, -0.15) is 0 Å². The van der Waals surface area contributed by atoms with E-state index in [9.17, 15) is 14.7 Å². The molecule has 0 aliphatic carbocycles. The van der Waals surface area contributed by atoms with Crippen molar-refractivity contribution in [2.24, 2.45) is 0 Å². The minimum Gasteiger partial charge on any atom is -0.481 e. The van der Waals surface area contributed by atoms with Crippen LogP contribution in [0, 0.1) is 20.8 Å². The maximum Gasteiger partial charge on any atom is 0.305 e. The van der Waals surface area contributed by atoms with Crippen LogP contribution in [-0.2, 0) is 4.79 Å². The molecule has 5 heteroatoms. The molecule has 0 radical (unpaired) electrons. The van der Waals surface area contributed by atoms with Crippen molar-refractivity contribution in [3.8, 4) is 11.1 Å². The van der Waals surface area contributed by atoms with Crippen molar-refractivity contribution in [2.45, 2.75) is 33.2 Å². The van der Waals surface area contributed by atoms with Crippen LogP contribution in [0.2, 0.25) is 0 Å². The monoisotopic (exact) mass is 388 g/mol. The SMILES string of the molecule is Cc1ccc(-c2cncc(C(=O)N[C@@H](CC(=O)O)c3ccccc3C)c2)cc1C. The average molecular weight is 388 g/mol. The number of carbonyl (C=O) groups is 2. The topological polar surface area (TPSA) is 79.3 Å². The van der Waals surface area contributed by atoms with E-state index in [1.54, 1.807) is 12.3 Å². The van der Waals surface area contributed by atoms with Gasteiger partial charge in [0.1, 0.15) is 0 Å². The minimum atomic E-state index is -0.972. The van der Waals surface area contributed by atoms with Crippen LogP contribution in [-0.4, -0.2) is 22.0 Å². The summed E-state index contributed by atoms with van der Waals surface area (Å²) in [6.45, 7) is 6.00. The first-order chi connectivity index (χ1) is 13.8. The van der Waals surface area contributed by atoms with E-state index in [1.807, 2.05) is 50.2 Å². The lowest BCUT2D eigenvalue weighted by atomic mass is 9.98. The summed E-state index contributed by atoms with van der Waals surface area (Å²) in [6.07, 6.45) is 3.02. The number of rotatable bonds is 6. The zero-order valence-corrected chi connectivity index (χ0v) is 16.8. The average Bonchev–Trinajstić information content (AvgIpc) is 2.69. The smallest absolute Gasteiger partial charge is 0.305 e. The van der Waals surface area contributed by atoms with Crippen LogP contribution in [0.1, 0.15) is 45.1 Å². The van der Waals surface area contributed by atoms with Crippen LogP contribution < -0.4 is 5.32 Å². The Bertz CT molecular complexity index is 1060. The summed E-state index contributed by atoms with van der Waals surface area (Å²) in [5, 5.41) is 12.2. The van der Waals surface area contributed by atoms with Gasteiger partial charge in [-0.15, -0.1) is 0 Å². The third kappa shape index (κ3) is 4.88. The molecule has 0 unspecified atom stereocenters. The number of nitrogens with one attached hydrogen (secondary N) is 1. The summed E-state index contributed by atoms with van der Waals surface area (Å²) in [5.74, 6) is -1.32. The van der Waals surface area contributed by atoms with Crippen molar-refractivity contribution in [1.29, 1.82) is 0 Å². The fourth-order valence-electron chi connectivity index (χ4n) is 3.28. The fraction of sp³-hybridized carbons (Fsp3) is 0.208. The molecular weight excluding hydrogens is 364 g/mol. The van der Waals surface area contributed by atoms with Crippen LogP contribution in [0.4, 0.5) is 0 Å². The van der Waals surface area contributed by atoms with Crippen LogP contribution in [0.3, 0.4) is 0 Å². The second kappa shape index (κ2) is 8.69. The lowest BCUT2D eigenvalue weighted by molar-refractivity contribution is -0.137. The standard InChI is InChI=1S/C24H24N2O3/c1-15-8-9-18(10-17(15)3)19-11-20(14-25-13-19)24(29)26-22(12-23(27)28)21-7-5-4-6-16(21)2/h4-11,13-14,22H,12H2,1-3H3,(H,26,29)(H,27,28)/t22-/m0/s1. The van der Waals surface area contributed by atoms with Gasteiger partial charge in [0.25, 0.3) is 5.91 Å². The Hall–Kier alpha value is -3.47. The Morgan fingerprint density at radius 2 is 1.69 bits per heavy atom. The molecule has 2 N–H and O–H groups in total. The minimum absolute atomic E-state index is 0.194. The third-order valence-corrected chi connectivity index (χ3v) is 5.09. The van der Waals surface area contributed by atoms with E-state index in [0.29, 0.717) is 5.56 Å². The number of aliphatic carboxylic acids is 1. The molecule has 1 aromatic heterocycles. The molecule has 0 spiro atoms. The Labute approximate surface area is 170 Å². The van der Waals surface area contributed by atoms with E-state index in [2.05, 4.69) is 23.3 Å². The molecule has 1 amide bonds. The summed E-state index contributed by atoms with van der Waals surface area (Å²) < 4.78 is 0. The number of benzene rings is 2. The highest BCUT2D eigenvalue weighted by Crippen LogP contribution is 2.24. The normalized spacial score (nSPS) is 11.7. The molecule has 1 heterocycles. The van der Waals surface area contributed by atoms with Gasteiger partial charge < -0.3 is 10.4 Å². The highest BCUT2D eigenvalue weighted by atomic mass is 16.4. The molecule has 0 aliphatic rings. The number of hydrogen-bond acceptors (Lipinski definition) is 3. The number of carboxylic acid groups (broad SMARTS) is 1. The molecule has 5 nitrogen and oxygen atoms in total. The quantitative estimate of drug-likeness (QED) is 0.646. The van der Waals surface area contributed by atoms with Gasteiger partial charge in [-0.25, -0.2) is 0 Å². The molecule has 1 atom stereocenters. The van der Waals surface area contributed by atoms with Gasteiger partial charge in [-0.1, -0.05) is 42.5 Å². The molecule has 0 saturated carbocycles. The zero-order valence-electron chi connectivity index (χ0n) is 16.8. The first-order valence-electron chi connectivity index (χ1n) is 9.46. The highest BCUT2D eigenvalue weighted by molar-refractivity contribution is 5.95. The lowest BCUT2D eigenvalue weighted by Gasteiger charge is -2.19. The van der Waals surface area contributed by atoms with Crippen molar-refractivity contribution in [3.05, 3.63) is 88.7 Å². The Morgan fingerprint density at radius 1 is 0.931 bits per heavy atom. The Morgan fingerprint density at radius 3 is 2.38 bits per heavy atom. The summed E-state index contributed by atoms with van der Waals surface area (Å²) in [5.41, 5.74) is 6.30. The van der Waals surface area contributed by atoms with Crippen molar-refractivity contribution >= 4 is 11.9 Å². The van der Waals surface area contributed by atoms with E-state index in [4.69, 9.17) is 0 Å². The third-order valence-electron chi connectivity index (χ3n) is 5.09. The predicted octanol–water partition coefficient (Wildman–Crippen LogP) is 4.62. The molecule has 148 valence electrons. The van der Waals surface area contributed by atoms with Crippen LogP contribution in [0.15, 0.2) is 60.9 Å². The largest absolute Gasteiger partial charge is 0.481 e. The summed E-state index contributed by atoms with van der Waals surface area (Å²) in [7, 11) is 0. The first-order valence-corrected chi connectivity index (χ1v) is 9.46. The van der Waals surface area contributed by atoms with Crippen molar-refractivity contribution < 1.29 is 14.7 Å². The molecule has 0 aliphatic heterocycles.